The molecular formula is C14H13N3O. The molecule has 90 valence electrons. The van der Waals surface area contributed by atoms with E-state index in [-0.39, 0.29) is 11.1 Å². The Morgan fingerprint density at radius 3 is 2.72 bits per heavy atom. The standard InChI is InChI=1S/C14H13N3O/c1-17(2)8-7-10-11-5-3-4-6-13(11)16-14(18)12(10)9-15/h3-8H,1-2H3,(H,16,18)/b8-7+. The molecule has 0 spiro atoms. The van der Waals surface area contributed by atoms with Gasteiger partial charge in [-0.3, -0.25) is 4.79 Å². The second-order valence-corrected chi connectivity index (χ2v) is 4.18. The number of benzene rings is 1. The summed E-state index contributed by atoms with van der Waals surface area (Å²) in [4.78, 5) is 16.4. The smallest absolute Gasteiger partial charge is 0.266 e. The second-order valence-electron chi connectivity index (χ2n) is 4.18. The van der Waals surface area contributed by atoms with Crippen LogP contribution in [0.5, 0.6) is 0 Å². The first-order valence-corrected chi connectivity index (χ1v) is 5.53. The number of nitriles is 1. The first kappa shape index (κ1) is 11.9. The maximum absolute atomic E-state index is 11.8. The van der Waals surface area contributed by atoms with Gasteiger partial charge in [-0.05, 0) is 18.3 Å². The number of hydrogen-bond acceptors (Lipinski definition) is 3. The summed E-state index contributed by atoms with van der Waals surface area (Å²) in [5, 5.41) is 9.97. The zero-order valence-electron chi connectivity index (χ0n) is 10.3. The van der Waals surface area contributed by atoms with Gasteiger partial charge in [0, 0.05) is 30.6 Å². The van der Waals surface area contributed by atoms with Gasteiger partial charge in [-0.25, -0.2) is 0 Å². The Morgan fingerprint density at radius 2 is 2.06 bits per heavy atom. The number of H-pyrrole nitrogens is 1. The van der Waals surface area contributed by atoms with Gasteiger partial charge in [0.05, 0.1) is 0 Å². The van der Waals surface area contributed by atoms with E-state index >= 15 is 0 Å². The van der Waals surface area contributed by atoms with E-state index in [1.807, 2.05) is 55.5 Å². The Morgan fingerprint density at radius 1 is 1.33 bits per heavy atom. The minimum atomic E-state index is -0.352. The number of pyridine rings is 1. The van der Waals surface area contributed by atoms with Crippen LogP contribution >= 0.6 is 0 Å². The third kappa shape index (κ3) is 2.11. The van der Waals surface area contributed by atoms with Crippen LogP contribution in [0.4, 0.5) is 0 Å². The Kier molecular flexibility index (Phi) is 3.16. The molecule has 1 N–H and O–H groups in total. The van der Waals surface area contributed by atoms with E-state index in [9.17, 15) is 4.79 Å². The average Bonchev–Trinajstić information content (AvgIpc) is 2.35. The maximum Gasteiger partial charge on any atom is 0.266 e. The first-order chi connectivity index (χ1) is 8.63. The molecule has 2 rings (SSSR count). The number of hydrogen-bond donors (Lipinski definition) is 1. The molecule has 18 heavy (non-hydrogen) atoms. The summed E-state index contributed by atoms with van der Waals surface area (Å²) in [6.45, 7) is 0. The van der Waals surface area contributed by atoms with Gasteiger partial charge in [-0.1, -0.05) is 18.2 Å². The van der Waals surface area contributed by atoms with Crippen molar-refractivity contribution in [3.8, 4) is 6.07 Å². The highest BCUT2D eigenvalue weighted by molar-refractivity contribution is 5.89. The van der Waals surface area contributed by atoms with Crippen LogP contribution in [0.3, 0.4) is 0 Å². The van der Waals surface area contributed by atoms with Crippen LogP contribution in [0.25, 0.3) is 17.0 Å². The van der Waals surface area contributed by atoms with Crippen molar-refractivity contribution in [2.24, 2.45) is 0 Å². The highest BCUT2D eigenvalue weighted by Crippen LogP contribution is 2.19. The van der Waals surface area contributed by atoms with E-state index in [0.717, 1.165) is 10.9 Å². The van der Waals surface area contributed by atoms with Crippen molar-refractivity contribution in [3.05, 3.63) is 51.9 Å². The van der Waals surface area contributed by atoms with Gasteiger partial charge >= 0.3 is 0 Å². The maximum atomic E-state index is 11.8. The van der Waals surface area contributed by atoms with Crippen LogP contribution in [-0.4, -0.2) is 24.0 Å². The van der Waals surface area contributed by atoms with Crippen LogP contribution in [0.2, 0.25) is 0 Å². The van der Waals surface area contributed by atoms with E-state index in [2.05, 4.69) is 4.98 Å². The highest BCUT2D eigenvalue weighted by atomic mass is 16.1. The third-order valence-electron chi connectivity index (χ3n) is 2.61. The van der Waals surface area contributed by atoms with E-state index < -0.39 is 0 Å². The van der Waals surface area contributed by atoms with Crippen LogP contribution in [0.15, 0.2) is 35.3 Å². The summed E-state index contributed by atoms with van der Waals surface area (Å²) in [5.41, 5.74) is 1.19. The minimum Gasteiger partial charge on any atom is -0.383 e. The molecule has 1 heterocycles. The van der Waals surface area contributed by atoms with Gasteiger partial charge < -0.3 is 9.88 Å². The summed E-state index contributed by atoms with van der Waals surface area (Å²) >= 11 is 0. The summed E-state index contributed by atoms with van der Waals surface area (Å²) < 4.78 is 0. The quantitative estimate of drug-likeness (QED) is 0.871. The predicted octanol–water partition coefficient (Wildman–Crippen LogP) is 1.93. The van der Waals surface area contributed by atoms with Gasteiger partial charge in [0.25, 0.3) is 5.56 Å². The van der Waals surface area contributed by atoms with Gasteiger partial charge in [-0.15, -0.1) is 0 Å². The van der Waals surface area contributed by atoms with Crippen molar-refractivity contribution in [3.63, 3.8) is 0 Å². The molecule has 2 aromatic rings. The number of rotatable bonds is 2. The van der Waals surface area contributed by atoms with Crippen LogP contribution < -0.4 is 5.56 Å². The predicted molar refractivity (Wildman–Crippen MR) is 72.0 cm³/mol. The first-order valence-electron chi connectivity index (χ1n) is 5.53. The van der Waals surface area contributed by atoms with Gasteiger partial charge in [0.15, 0.2) is 0 Å². The topological polar surface area (TPSA) is 59.9 Å². The fourth-order valence-electron chi connectivity index (χ4n) is 1.78. The molecule has 0 saturated carbocycles. The number of nitrogens with zero attached hydrogens (tertiary/aromatic N) is 2. The Balaban J connectivity index is 2.82. The summed E-state index contributed by atoms with van der Waals surface area (Å²) in [6.07, 6.45) is 3.61. The Bertz CT molecular complexity index is 705. The van der Waals surface area contributed by atoms with Crippen molar-refractivity contribution >= 4 is 17.0 Å². The van der Waals surface area contributed by atoms with E-state index in [1.165, 1.54) is 0 Å². The lowest BCUT2D eigenvalue weighted by atomic mass is 10.0. The molecular weight excluding hydrogens is 226 g/mol. The van der Waals surface area contributed by atoms with E-state index in [1.54, 1.807) is 6.08 Å². The molecule has 0 radical (unpaired) electrons. The van der Waals surface area contributed by atoms with Gasteiger partial charge in [0.2, 0.25) is 0 Å². The van der Waals surface area contributed by atoms with Crippen molar-refractivity contribution in [2.45, 2.75) is 0 Å². The van der Waals surface area contributed by atoms with Crippen LogP contribution in [-0.2, 0) is 0 Å². The van der Waals surface area contributed by atoms with Crippen molar-refractivity contribution in [2.75, 3.05) is 14.1 Å². The fraction of sp³-hybridized carbons (Fsp3) is 0.143. The van der Waals surface area contributed by atoms with Crippen LogP contribution in [0.1, 0.15) is 11.1 Å². The molecule has 0 fully saturated rings. The minimum absolute atomic E-state index is 0.145. The molecule has 4 nitrogen and oxygen atoms in total. The largest absolute Gasteiger partial charge is 0.383 e. The number of para-hydroxylation sites is 1. The Labute approximate surface area is 105 Å². The van der Waals surface area contributed by atoms with Crippen molar-refractivity contribution in [1.82, 2.24) is 9.88 Å². The molecule has 0 atom stereocenters. The van der Waals surface area contributed by atoms with Gasteiger partial charge in [-0.2, -0.15) is 5.26 Å². The summed E-state index contributed by atoms with van der Waals surface area (Å²) in [6, 6.07) is 9.42. The van der Waals surface area contributed by atoms with Crippen LogP contribution in [0, 0.1) is 11.3 Å². The average molecular weight is 239 g/mol. The Hall–Kier alpha value is -2.54. The van der Waals surface area contributed by atoms with E-state index in [4.69, 9.17) is 5.26 Å². The number of nitrogens with one attached hydrogen (secondary N) is 1. The summed E-state index contributed by atoms with van der Waals surface area (Å²) in [5.74, 6) is 0. The molecule has 4 heteroatoms. The molecule has 0 aliphatic carbocycles. The lowest BCUT2D eigenvalue weighted by Gasteiger charge is -2.07. The molecule has 1 aromatic carbocycles. The summed E-state index contributed by atoms with van der Waals surface area (Å²) in [7, 11) is 3.77. The molecule has 0 aliphatic heterocycles. The van der Waals surface area contributed by atoms with Gasteiger partial charge in [0.1, 0.15) is 11.6 Å². The zero-order chi connectivity index (χ0) is 13.1. The number of fused-ring (bicyclic) bond motifs is 1. The third-order valence-corrected chi connectivity index (χ3v) is 2.61. The second kappa shape index (κ2) is 4.76. The van der Waals surface area contributed by atoms with Crippen molar-refractivity contribution < 1.29 is 0 Å². The molecule has 0 saturated heterocycles. The van der Waals surface area contributed by atoms with Crippen molar-refractivity contribution in [1.29, 1.82) is 5.26 Å². The SMILES string of the molecule is CN(C)/C=C/c1c(C#N)c(=O)[nH]c2ccccc12. The monoisotopic (exact) mass is 239 g/mol. The highest BCUT2D eigenvalue weighted by Gasteiger charge is 2.09. The molecule has 0 unspecified atom stereocenters. The lowest BCUT2D eigenvalue weighted by Crippen LogP contribution is -2.12. The molecule has 0 bridgehead atoms. The lowest BCUT2D eigenvalue weighted by molar-refractivity contribution is 0.567. The fourth-order valence-corrected chi connectivity index (χ4v) is 1.78. The zero-order valence-corrected chi connectivity index (χ0v) is 10.3. The molecule has 0 amide bonds. The number of aromatic nitrogens is 1. The number of aromatic amines is 1. The molecule has 1 aromatic heterocycles. The van der Waals surface area contributed by atoms with E-state index in [0.29, 0.717) is 5.56 Å². The molecule has 0 aliphatic rings. The normalized spacial score (nSPS) is 10.7.